The van der Waals surface area contributed by atoms with Crippen molar-refractivity contribution in [2.75, 3.05) is 13.2 Å². The largest absolute Gasteiger partial charge is 0.503 e. The van der Waals surface area contributed by atoms with Gasteiger partial charge in [0.2, 0.25) is 5.91 Å². The number of amides is 1. The van der Waals surface area contributed by atoms with Crippen LogP contribution in [0, 0.1) is 0 Å². The number of rotatable bonds is 10. The summed E-state index contributed by atoms with van der Waals surface area (Å²) in [6.07, 6.45) is -0.600. The van der Waals surface area contributed by atoms with Crippen molar-refractivity contribution in [3.05, 3.63) is 35.9 Å². The molecule has 1 amide bonds. The molecular weight excluding hydrogens is 342 g/mol. The first-order valence-electron chi connectivity index (χ1n) is 8.20. The Balaban J connectivity index is 2.13. The molecule has 1 unspecified atom stereocenters. The van der Waals surface area contributed by atoms with Crippen LogP contribution >= 0.6 is 0 Å². The van der Waals surface area contributed by atoms with E-state index in [2.05, 4.69) is 5.32 Å². The number of hydrogen-bond donors (Lipinski definition) is 1. The lowest BCUT2D eigenvalue weighted by molar-refractivity contribution is -0.153. The lowest BCUT2D eigenvalue weighted by Gasteiger charge is -2.08. The minimum Gasteiger partial charge on any atom is -0.461 e. The Bertz CT molecular complexity index is 615. The van der Waals surface area contributed by atoms with E-state index in [1.54, 1.807) is 0 Å². The van der Waals surface area contributed by atoms with Crippen LogP contribution in [-0.2, 0) is 35.2 Å². The summed E-state index contributed by atoms with van der Waals surface area (Å²) in [5.41, 5.74) is 0.897. The number of esters is 3. The summed E-state index contributed by atoms with van der Waals surface area (Å²) < 4.78 is 15.0. The minimum atomic E-state index is -1.03. The molecular formula is C18H24NO7+. The fourth-order valence-electron chi connectivity index (χ4n) is 1.81. The highest BCUT2D eigenvalue weighted by molar-refractivity contribution is 5.83. The summed E-state index contributed by atoms with van der Waals surface area (Å²) in [5, 5.41) is 2.32. The molecule has 1 atom stereocenters. The zero-order valence-corrected chi connectivity index (χ0v) is 14.9. The van der Waals surface area contributed by atoms with Crippen molar-refractivity contribution in [1.82, 2.24) is 5.32 Å². The molecule has 142 valence electrons. The summed E-state index contributed by atoms with van der Waals surface area (Å²) in [7, 11) is 0. The molecule has 0 spiro atoms. The van der Waals surface area contributed by atoms with Crippen LogP contribution in [0.3, 0.4) is 0 Å². The third-order valence-electron chi connectivity index (χ3n) is 3.15. The minimum absolute atomic E-state index is 0.0272. The van der Waals surface area contributed by atoms with E-state index in [1.165, 1.54) is 13.8 Å². The van der Waals surface area contributed by atoms with Gasteiger partial charge in [-0.1, -0.05) is 30.3 Å². The third kappa shape index (κ3) is 9.41. The van der Waals surface area contributed by atoms with Gasteiger partial charge in [0.25, 0.3) is 6.10 Å². The fraction of sp³-hybridized carbons (Fsp3) is 0.444. The second-order valence-electron chi connectivity index (χ2n) is 5.48. The van der Waals surface area contributed by atoms with Crippen molar-refractivity contribution < 1.29 is 33.4 Å². The lowest BCUT2D eigenvalue weighted by Crippen LogP contribution is -2.33. The quantitative estimate of drug-likeness (QED) is 0.287. The normalized spacial score (nSPS) is 11.2. The van der Waals surface area contributed by atoms with Crippen molar-refractivity contribution in [2.45, 2.75) is 39.4 Å². The molecule has 0 aliphatic heterocycles. The van der Waals surface area contributed by atoms with Gasteiger partial charge >= 0.3 is 17.9 Å². The maximum Gasteiger partial charge on any atom is 0.503 e. The van der Waals surface area contributed by atoms with Gasteiger partial charge in [-0.3, -0.25) is 9.59 Å². The maximum atomic E-state index is 11.7. The van der Waals surface area contributed by atoms with E-state index >= 15 is 0 Å². The molecule has 1 aromatic rings. The molecule has 1 rings (SSSR count). The average Bonchev–Trinajstić information content (AvgIpc) is 2.62. The molecule has 2 N–H and O–H groups in total. The van der Waals surface area contributed by atoms with E-state index in [-0.39, 0.29) is 38.1 Å². The summed E-state index contributed by atoms with van der Waals surface area (Å²) >= 11 is 0. The Kier molecular flexibility index (Phi) is 9.45. The summed E-state index contributed by atoms with van der Waals surface area (Å²) in [6.45, 7) is 2.71. The molecule has 0 saturated carbocycles. The zero-order chi connectivity index (χ0) is 19.4. The van der Waals surface area contributed by atoms with Gasteiger partial charge in [-0.05, 0) is 12.0 Å². The van der Waals surface area contributed by atoms with E-state index in [0.717, 1.165) is 5.56 Å². The number of nitrogens with one attached hydrogen (secondary N) is 1. The predicted octanol–water partition coefficient (Wildman–Crippen LogP) is 1.10. The molecule has 0 aliphatic carbocycles. The number of carbonyl (C=O) groups excluding carboxylic acids is 4. The maximum absolute atomic E-state index is 11.7. The van der Waals surface area contributed by atoms with Crippen molar-refractivity contribution in [1.29, 1.82) is 0 Å². The molecule has 0 fully saturated rings. The van der Waals surface area contributed by atoms with Crippen molar-refractivity contribution >= 4 is 23.8 Å². The molecule has 0 saturated heterocycles. The van der Waals surface area contributed by atoms with E-state index in [1.807, 2.05) is 30.3 Å². The van der Waals surface area contributed by atoms with E-state index < -0.39 is 18.0 Å². The van der Waals surface area contributed by atoms with Gasteiger partial charge in [-0.15, -0.1) is 0 Å². The highest BCUT2D eigenvalue weighted by Gasteiger charge is 2.26. The standard InChI is InChI=1S/C18H23NO7/c1-13(26-17(22)11-19-14(2)20)18(23)24-10-6-9-16(21)25-12-15-7-4-3-5-8-15/h3-5,7-8,13H,6,9-12H2,1-2H3,(H,19,20)/p+1. The van der Waals surface area contributed by atoms with Crippen LogP contribution in [0.15, 0.2) is 30.3 Å². The Morgan fingerprint density at radius 1 is 1.15 bits per heavy atom. The highest BCUT2D eigenvalue weighted by atomic mass is 16.6. The molecule has 0 aliphatic rings. The first kappa shape index (κ1) is 21.1. The SMILES string of the molecule is CC(=O)NCC(=[OH+])OC(C)C(=O)OCCCC(=O)OCc1ccccc1. The molecule has 26 heavy (non-hydrogen) atoms. The van der Waals surface area contributed by atoms with Crippen LogP contribution in [0.25, 0.3) is 0 Å². The number of ether oxygens (including phenoxy) is 3. The van der Waals surface area contributed by atoms with Crippen LogP contribution in [0.2, 0.25) is 0 Å². The van der Waals surface area contributed by atoms with Crippen LogP contribution in [-0.4, -0.2) is 47.9 Å². The first-order chi connectivity index (χ1) is 12.4. The second-order valence-corrected chi connectivity index (χ2v) is 5.48. The smallest absolute Gasteiger partial charge is 0.461 e. The van der Waals surface area contributed by atoms with Gasteiger partial charge in [0, 0.05) is 20.3 Å². The topological polar surface area (TPSA) is 112 Å². The zero-order valence-electron chi connectivity index (χ0n) is 14.9. The van der Waals surface area contributed by atoms with Crippen molar-refractivity contribution in [3.63, 3.8) is 0 Å². The monoisotopic (exact) mass is 366 g/mol. The summed E-state index contributed by atoms with van der Waals surface area (Å²) in [4.78, 5) is 43.4. The number of benzene rings is 1. The van der Waals surface area contributed by atoms with Gasteiger partial charge in [-0.25, -0.2) is 4.79 Å². The second kappa shape index (κ2) is 11.6. The van der Waals surface area contributed by atoms with Crippen LogP contribution in [0.1, 0.15) is 32.3 Å². The summed E-state index contributed by atoms with van der Waals surface area (Å²) in [6, 6.07) is 9.31. The number of carbonyl (C=O) groups is 3. The first-order valence-corrected chi connectivity index (χ1v) is 8.20. The van der Waals surface area contributed by atoms with Crippen LogP contribution < -0.4 is 5.32 Å². The Morgan fingerprint density at radius 3 is 2.50 bits per heavy atom. The molecule has 1 aromatic carbocycles. The molecule has 8 heteroatoms. The van der Waals surface area contributed by atoms with E-state index in [9.17, 15) is 19.2 Å². The Hall–Kier alpha value is -2.90. The molecule has 0 heterocycles. The lowest BCUT2D eigenvalue weighted by atomic mass is 10.2. The molecule has 0 bridgehead atoms. The van der Waals surface area contributed by atoms with Crippen LogP contribution in [0.4, 0.5) is 0 Å². The van der Waals surface area contributed by atoms with Gasteiger partial charge in [-0.2, -0.15) is 0 Å². The average molecular weight is 366 g/mol. The van der Waals surface area contributed by atoms with E-state index in [4.69, 9.17) is 14.2 Å². The van der Waals surface area contributed by atoms with Crippen LogP contribution in [0.5, 0.6) is 0 Å². The van der Waals surface area contributed by atoms with Crippen molar-refractivity contribution in [2.24, 2.45) is 0 Å². The highest BCUT2D eigenvalue weighted by Crippen LogP contribution is 2.03. The Labute approximate surface area is 151 Å². The predicted molar refractivity (Wildman–Crippen MR) is 92.6 cm³/mol. The molecule has 0 aromatic heterocycles. The number of hydrogen-bond acceptors (Lipinski definition) is 6. The van der Waals surface area contributed by atoms with Gasteiger partial charge in [0.05, 0.1) is 6.61 Å². The summed E-state index contributed by atoms with van der Waals surface area (Å²) in [5.74, 6) is -1.89. The van der Waals surface area contributed by atoms with Gasteiger partial charge in [0.15, 0.2) is 6.54 Å². The Morgan fingerprint density at radius 2 is 1.85 bits per heavy atom. The van der Waals surface area contributed by atoms with Gasteiger partial charge < -0.3 is 24.3 Å². The molecule has 0 radical (unpaired) electrons. The third-order valence-corrected chi connectivity index (χ3v) is 3.15. The fourth-order valence-corrected chi connectivity index (χ4v) is 1.81. The van der Waals surface area contributed by atoms with Crippen molar-refractivity contribution in [3.8, 4) is 0 Å². The molecule has 8 nitrogen and oxygen atoms in total. The van der Waals surface area contributed by atoms with E-state index in [0.29, 0.717) is 6.42 Å². The van der Waals surface area contributed by atoms with Gasteiger partial charge in [0.1, 0.15) is 6.61 Å².